The number of carbonyl (C=O) groups excluding carboxylic acids is 3. The fourth-order valence-corrected chi connectivity index (χ4v) is 8.19. The smallest absolute Gasteiger partial charge is 0.328 e. The van der Waals surface area contributed by atoms with Crippen molar-refractivity contribution in [2.75, 3.05) is 0 Å². The predicted molar refractivity (Wildman–Crippen MR) is 135 cm³/mol. The third-order valence-electron chi connectivity index (χ3n) is 7.15. The molecule has 2 atom stereocenters. The number of imide groups is 1. The van der Waals surface area contributed by atoms with Crippen LogP contribution in [0.2, 0.25) is 0 Å². The van der Waals surface area contributed by atoms with Gasteiger partial charge in [-0.2, -0.15) is 5.10 Å². The van der Waals surface area contributed by atoms with Gasteiger partial charge >= 0.3 is 6.03 Å². The van der Waals surface area contributed by atoms with Crippen LogP contribution in [0, 0.1) is 5.92 Å². The van der Waals surface area contributed by atoms with E-state index in [1.807, 2.05) is 13.0 Å². The van der Waals surface area contributed by atoms with Crippen LogP contribution in [0.5, 0.6) is 0 Å². The molecule has 1 saturated carbocycles. The molecule has 1 aliphatic carbocycles. The first kappa shape index (κ1) is 24.2. The van der Waals surface area contributed by atoms with Gasteiger partial charge in [0.25, 0.3) is 5.91 Å². The van der Waals surface area contributed by atoms with Crippen molar-refractivity contribution in [2.45, 2.75) is 50.3 Å². The minimum atomic E-state index is -3.83. The number of aromatic nitrogens is 2. The number of thioether (sulfide) groups is 1. The minimum Gasteiger partial charge on any atom is -0.348 e. The SMILES string of the molecule is Cn1cc(CN2C(=O)C3C=C(S(=O)(=O)NC4(C)CC4)SC3N(Cc3ccc4c(c3)CNC4=O)C2=O)cn1. The molecular formula is C24H26N6O5S2. The normalized spacial score (nSPS) is 24.2. The molecule has 13 heteroatoms. The molecule has 2 aromatic rings. The van der Waals surface area contributed by atoms with Crippen molar-refractivity contribution in [3.8, 4) is 0 Å². The number of nitrogens with one attached hydrogen (secondary N) is 2. The molecule has 2 fully saturated rings. The number of carbonyl (C=O) groups is 3. The van der Waals surface area contributed by atoms with Crippen LogP contribution in [-0.2, 0) is 41.5 Å². The maximum absolute atomic E-state index is 13.7. The summed E-state index contributed by atoms with van der Waals surface area (Å²) in [6, 6.07) is 4.89. The zero-order valence-electron chi connectivity index (χ0n) is 20.3. The number of fused-ring (bicyclic) bond motifs is 2. The predicted octanol–water partition coefficient (Wildman–Crippen LogP) is 1.63. The van der Waals surface area contributed by atoms with Crippen LogP contribution >= 0.6 is 11.8 Å². The third-order valence-corrected chi connectivity index (χ3v) is 10.7. The maximum atomic E-state index is 13.7. The molecule has 2 unspecified atom stereocenters. The number of benzene rings is 1. The van der Waals surface area contributed by atoms with E-state index in [0.29, 0.717) is 17.7 Å². The van der Waals surface area contributed by atoms with E-state index < -0.39 is 38.8 Å². The number of rotatable bonds is 7. The highest BCUT2D eigenvalue weighted by atomic mass is 32.3. The van der Waals surface area contributed by atoms with Crippen molar-refractivity contribution < 1.29 is 22.8 Å². The van der Waals surface area contributed by atoms with E-state index in [-0.39, 0.29) is 23.2 Å². The molecule has 1 aromatic carbocycles. The Hall–Kier alpha value is -3.16. The molecule has 194 valence electrons. The quantitative estimate of drug-likeness (QED) is 0.543. The Morgan fingerprint density at radius 3 is 2.68 bits per heavy atom. The van der Waals surface area contributed by atoms with Gasteiger partial charge in [0.05, 0.1) is 18.7 Å². The number of amides is 4. The van der Waals surface area contributed by atoms with Crippen molar-refractivity contribution in [3.05, 3.63) is 63.2 Å². The van der Waals surface area contributed by atoms with Gasteiger partial charge in [0.15, 0.2) is 0 Å². The average Bonchev–Trinajstić information content (AvgIpc) is 3.21. The lowest BCUT2D eigenvalue weighted by Gasteiger charge is -2.41. The topological polar surface area (TPSA) is 134 Å². The number of hydrogen-bond acceptors (Lipinski definition) is 7. The Morgan fingerprint density at radius 1 is 1.19 bits per heavy atom. The molecule has 1 saturated heterocycles. The Bertz CT molecular complexity index is 1480. The van der Waals surface area contributed by atoms with Gasteiger partial charge in [0, 0.05) is 43.0 Å². The van der Waals surface area contributed by atoms with E-state index in [2.05, 4.69) is 15.1 Å². The summed E-state index contributed by atoms with van der Waals surface area (Å²) in [6.45, 7) is 2.46. The zero-order valence-corrected chi connectivity index (χ0v) is 21.9. The van der Waals surface area contributed by atoms with Crippen LogP contribution in [0.1, 0.15) is 46.8 Å². The summed E-state index contributed by atoms with van der Waals surface area (Å²) < 4.78 is 30.7. The van der Waals surface area contributed by atoms with Gasteiger partial charge in [0.2, 0.25) is 15.9 Å². The highest BCUT2D eigenvalue weighted by Gasteiger charge is 2.52. The van der Waals surface area contributed by atoms with Gasteiger partial charge in [-0.1, -0.05) is 23.9 Å². The number of nitrogens with zero attached hydrogens (tertiary/aromatic N) is 4. The molecule has 4 heterocycles. The first-order chi connectivity index (χ1) is 17.5. The third kappa shape index (κ3) is 4.34. The van der Waals surface area contributed by atoms with Gasteiger partial charge in [-0.25, -0.2) is 17.9 Å². The fourth-order valence-electron chi connectivity index (χ4n) is 4.89. The Kier molecular flexibility index (Phi) is 5.51. The van der Waals surface area contributed by atoms with Gasteiger partial charge < -0.3 is 10.2 Å². The van der Waals surface area contributed by atoms with Crippen molar-refractivity contribution in [1.29, 1.82) is 0 Å². The molecule has 37 heavy (non-hydrogen) atoms. The summed E-state index contributed by atoms with van der Waals surface area (Å²) in [5, 5.41) is 6.21. The van der Waals surface area contributed by atoms with Crippen molar-refractivity contribution in [3.63, 3.8) is 0 Å². The first-order valence-electron chi connectivity index (χ1n) is 11.9. The second kappa shape index (κ2) is 8.43. The monoisotopic (exact) mass is 542 g/mol. The lowest BCUT2D eigenvalue weighted by atomic mass is 10.0. The molecule has 11 nitrogen and oxygen atoms in total. The van der Waals surface area contributed by atoms with Crippen molar-refractivity contribution in [2.24, 2.45) is 13.0 Å². The maximum Gasteiger partial charge on any atom is 0.328 e. The zero-order chi connectivity index (χ0) is 26.1. The van der Waals surface area contributed by atoms with E-state index in [9.17, 15) is 22.8 Å². The number of aryl methyl sites for hydroxylation is 1. The van der Waals surface area contributed by atoms with Crippen LogP contribution in [0.4, 0.5) is 4.79 Å². The Morgan fingerprint density at radius 2 is 1.97 bits per heavy atom. The second-order valence-electron chi connectivity index (χ2n) is 10.2. The number of hydrogen-bond donors (Lipinski definition) is 2. The first-order valence-corrected chi connectivity index (χ1v) is 14.3. The molecule has 0 spiro atoms. The van der Waals surface area contributed by atoms with Gasteiger partial charge in [-0.05, 0) is 43.0 Å². The van der Waals surface area contributed by atoms with Crippen LogP contribution < -0.4 is 10.0 Å². The number of sulfonamides is 1. The molecule has 0 radical (unpaired) electrons. The van der Waals surface area contributed by atoms with Crippen LogP contribution in [-0.4, -0.2) is 56.8 Å². The highest BCUT2D eigenvalue weighted by Crippen LogP contribution is 2.46. The molecule has 4 amide bonds. The standard InChI is InChI=1S/C24H26N6O5S2/c1-24(5-6-24)27-37(34,35)19-8-18-21(32)29(13-15-9-26-28(2)11-15)23(33)30(22(18)36-19)12-14-3-4-17-16(7-14)10-25-20(17)31/h3-4,7-9,11,18,22,27H,5-6,10,12-13H2,1-2H3,(H,25,31). The van der Waals surface area contributed by atoms with Crippen LogP contribution in [0.3, 0.4) is 0 Å². The van der Waals surface area contributed by atoms with Crippen molar-refractivity contribution in [1.82, 2.24) is 29.6 Å². The summed E-state index contributed by atoms with van der Waals surface area (Å²) in [6.07, 6.45) is 6.32. The average molecular weight is 543 g/mol. The second-order valence-corrected chi connectivity index (χ2v) is 13.3. The fraction of sp³-hybridized carbons (Fsp3) is 0.417. The van der Waals surface area contributed by atoms with Gasteiger partial charge in [-0.15, -0.1) is 0 Å². The largest absolute Gasteiger partial charge is 0.348 e. The van der Waals surface area contributed by atoms with Gasteiger partial charge in [0.1, 0.15) is 9.61 Å². The summed E-state index contributed by atoms with van der Waals surface area (Å²) >= 11 is 1.03. The summed E-state index contributed by atoms with van der Waals surface area (Å²) in [5.41, 5.74) is 2.46. The summed E-state index contributed by atoms with van der Waals surface area (Å²) in [4.78, 5) is 41.9. The Labute approximate surface area is 218 Å². The molecule has 1 aromatic heterocycles. The van der Waals surface area contributed by atoms with E-state index in [4.69, 9.17) is 0 Å². The van der Waals surface area contributed by atoms with Crippen LogP contribution in [0.15, 0.2) is 40.9 Å². The Balaban J connectivity index is 1.33. The molecule has 6 rings (SSSR count). The molecule has 0 bridgehead atoms. The van der Waals surface area contributed by atoms with Crippen LogP contribution in [0.25, 0.3) is 0 Å². The number of urea groups is 1. The van der Waals surface area contributed by atoms with E-state index >= 15 is 0 Å². The molecule has 4 aliphatic rings. The van der Waals surface area contributed by atoms with E-state index in [1.165, 1.54) is 11.0 Å². The van der Waals surface area contributed by atoms with E-state index in [1.54, 1.807) is 41.2 Å². The van der Waals surface area contributed by atoms with Gasteiger partial charge in [-0.3, -0.25) is 19.2 Å². The highest BCUT2D eigenvalue weighted by molar-refractivity contribution is 8.18. The molecule has 2 N–H and O–H groups in total. The summed E-state index contributed by atoms with van der Waals surface area (Å²) in [5.74, 6) is -1.38. The molecule has 3 aliphatic heterocycles. The molecular weight excluding hydrogens is 516 g/mol. The van der Waals surface area contributed by atoms with E-state index in [0.717, 1.165) is 35.7 Å². The lowest BCUT2D eigenvalue weighted by Crippen LogP contribution is -2.58. The lowest BCUT2D eigenvalue weighted by molar-refractivity contribution is -0.135. The summed E-state index contributed by atoms with van der Waals surface area (Å²) in [7, 11) is -2.08. The minimum absolute atomic E-state index is 0.0325. The van der Waals surface area contributed by atoms with Crippen molar-refractivity contribution >= 4 is 39.6 Å².